The number of hydrogen-bond donors (Lipinski definition) is 2. The smallest absolute Gasteiger partial charge is 0.311 e. The van der Waals surface area contributed by atoms with E-state index in [4.69, 9.17) is 5.73 Å². The Kier molecular flexibility index (Phi) is 3.95. The summed E-state index contributed by atoms with van der Waals surface area (Å²) in [4.78, 5) is 11.8. The van der Waals surface area contributed by atoms with Crippen molar-refractivity contribution in [2.24, 2.45) is 17.1 Å². The van der Waals surface area contributed by atoms with Gasteiger partial charge in [-0.1, -0.05) is 31.0 Å². The fourth-order valence-electron chi connectivity index (χ4n) is 2.82. The van der Waals surface area contributed by atoms with Crippen molar-refractivity contribution >= 4 is 5.97 Å². The molecule has 0 bridgehead atoms. The normalized spacial score (nSPS) is 18.1. The topological polar surface area (TPSA) is 63.3 Å². The van der Waals surface area contributed by atoms with E-state index in [1.807, 2.05) is 32.0 Å². The molecule has 1 aliphatic rings. The Labute approximate surface area is 114 Å². The van der Waals surface area contributed by atoms with Crippen molar-refractivity contribution in [2.45, 2.75) is 39.5 Å². The number of nitrogens with two attached hydrogens (primary N) is 1. The van der Waals surface area contributed by atoms with Crippen molar-refractivity contribution in [3.8, 4) is 0 Å². The van der Waals surface area contributed by atoms with E-state index in [0.29, 0.717) is 18.8 Å². The number of carbonyl (C=O) groups is 1. The number of carboxylic acids is 1. The maximum absolute atomic E-state index is 11.8. The van der Waals surface area contributed by atoms with E-state index >= 15 is 0 Å². The molecular weight excluding hydrogens is 238 g/mol. The molecule has 2 rings (SSSR count). The van der Waals surface area contributed by atoms with Crippen molar-refractivity contribution in [3.63, 3.8) is 0 Å². The molecule has 1 unspecified atom stereocenters. The molecule has 0 radical (unpaired) electrons. The summed E-state index contributed by atoms with van der Waals surface area (Å²) in [5.74, 6) is -0.187. The van der Waals surface area contributed by atoms with Crippen LogP contribution >= 0.6 is 0 Å². The van der Waals surface area contributed by atoms with Crippen LogP contribution in [0.1, 0.15) is 36.0 Å². The van der Waals surface area contributed by atoms with Crippen molar-refractivity contribution in [2.75, 3.05) is 6.54 Å². The molecular formula is C16H23NO2. The number of benzene rings is 1. The standard InChI is InChI=1S/C16H23NO2/c1-11-4-3-5-12(2)14(11)9-16(10-17,15(18)19)8-13-6-7-13/h3-5,13H,6-10,17H2,1-2H3,(H,18,19). The Morgan fingerprint density at radius 3 is 2.37 bits per heavy atom. The van der Waals surface area contributed by atoms with Gasteiger partial charge in [0.15, 0.2) is 0 Å². The van der Waals surface area contributed by atoms with Gasteiger partial charge in [-0.25, -0.2) is 0 Å². The van der Waals surface area contributed by atoms with Crippen LogP contribution in [0.2, 0.25) is 0 Å². The second kappa shape index (κ2) is 5.33. The Balaban J connectivity index is 2.31. The molecule has 19 heavy (non-hydrogen) atoms. The fourth-order valence-corrected chi connectivity index (χ4v) is 2.82. The number of hydrogen-bond acceptors (Lipinski definition) is 2. The van der Waals surface area contributed by atoms with Crippen LogP contribution in [0.5, 0.6) is 0 Å². The molecule has 1 aromatic rings. The molecule has 1 aliphatic carbocycles. The lowest BCUT2D eigenvalue weighted by molar-refractivity contribution is -0.149. The Hall–Kier alpha value is -1.35. The molecule has 104 valence electrons. The number of aliphatic carboxylic acids is 1. The third-order valence-corrected chi connectivity index (χ3v) is 4.38. The van der Waals surface area contributed by atoms with Gasteiger partial charge >= 0.3 is 5.97 Å². The van der Waals surface area contributed by atoms with Gasteiger partial charge in [0, 0.05) is 6.54 Å². The Morgan fingerprint density at radius 1 is 1.37 bits per heavy atom. The maximum Gasteiger partial charge on any atom is 0.311 e. The maximum atomic E-state index is 11.8. The van der Waals surface area contributed by atoms with E-state index in [-0.39, 0.29) is 6.54 Å². The molecule has 1 atom stereocenters. The fraction of sp³-hybridized carbons (Fsp3) is 0.562. The van der Waals surface area contributed by atoms with Crippen LogP contribution in [-0.2, 0) is 11.2 Å². The highest BCUT2D eigenvalue weighted by Crippen LogP contribution is 2.42. The minimum Gasteiger partial charge on any atom is -0.481 e. The lowest BCUT2D eigenvalue weighted by Gasteiger charge is -2.29. The van der Waals surface area contributed by atoms with Crippen molar-refractivity contribution in [1.82, 2.24) is 0 Å². The highest BCUT2D eigenvalue weighted by Gasteiger charge is 2.42. The summed E-state index contributed by atoms with van der Waals surface area (Å²) in [5, 5.41) is 9.66. The highest BCUT2D eigenvalue weighted by atomic mass is 16.4. The van der Waals surface area contributed by atoms with E-state index in [1.165, 1.54) is 0 Å². The van der Waals surface area contributed by atoms with E-state index in [0.717, 1.165) is 29.5 Å². The van der Waals surface area contributed by atoms with Gasteiger partial charge in [-0.15, -0.1) is 0 Å². The minimum atomic E-state index is -0.794. The molecule has 1 saturated carbocycles. The van der Waals surface area contributed by atoms with Crippen LogP contribution < -0.4 is 5.73 Å². The zero-order valence-electron chi connectivity index (χ0n) is 11.8. The van der Waals surface area contributed by atoms with Gasteiger partial charge in [-0.2, -0.15) is 0 Å². The summed E-state index contributed by atoms with van der Waals surface area (Å²) >= 11 is 0. The average molecular weight is 261 g/mol. The summed E-state index contributed by atoms with van der Waals surface area (Å²) in [7, 11) is 0. The average Bonchev–Trinajstić information content (AvgIpc) is 3.16. The first kappa shape index (κ1) is 14.1. The van der Waals surface area contributed by atoms with E-state index in [9.17, 15) is 9.90 Å². The van der Waals surface area contributed by atoms with Crippen molar-refractivity contribution < 1.29 is 9.90 Å². The van der Waals surface area contributed by atoms with Gasteiger partial charge in [0.1, 0.15) is 0 Å². The van der Waals surface area contributed by atoms with Crippen LogP contribution in [0.15, 0.2) is 18.2 Å². The second-order valence-electron chi connectivity index (χ2n) is 5.98. The van der Waals surface area contributed by atoms with Gasteiger partial charge in [-0.05, 0) is 49.3 Å². The zero-order chi connectivity index (χ0) is 14.0. The van der Waals surface area contributed by atoms with Crippen molar-refractivity contribution in [1.29, 1.82) is 0 Å². The number of aryl methyl sites for hydroxylation is 2. The van der Waals surface area contributed by atoms with Crippen molar-refractivity contribution in [3.05, 3.63) is 34.9 Å². The molecule has 0 aromatic heterocycles. The predicted octanol–water partition coefficient (Wildman–Crippen LogP) is 2.68. The molecule has 3 nitrogen and oxygen atoms in total. The first-order valence-electron chi connectivity index (χ1n) is 6.97. The number of carboxylic acid groups (broad SMARTS) is 1. The van der Waals surface area contributed by atoms with Crippen LogP contribution in [0.25, 0.3) is 0 Å². The van der Waals surface area contributed by atoms with Gasteiger partial charge in [-0.3, -0.25) is 4.79 Å². The summed E-state index contributed by atoms with van der Waals surface area (Å²) in [5.41, 5.74) is 8.53. The zero-order valence-corrected chi connectivity index (χ0v) is 11.8. The van der Waals surface area contributed by atoms with E-state index < -0.39 is 11.4 Å². The molecule has 1 fully saturated rings. The quantitative estimate of drug-likeness (QED) is 0.827. The molecule has 0 saturated heterocycles. The first-order valence-corrected chi connectivity index (χ1v) is 6.97. The SMILES string of the molecule is Cc1cccc(C)c1CC(CN)(CC1CC1)C(=O)O. The molecule has 0 aliphatic heterocycles. The van der Waals surface area contributed by atoms with Crippen LogP contribution in [-0.4, -0.2) is 17.6 Å². The van der Waals surface area contributed by atoms with Gasteiger partial charge in [0.25, 0.3) is 0 Å². The predicted molar refractivity (Wildman–Crippen MR) is 76.1 cm³/mol. The monoisotopic (exact) mass is 261 g/mol. The van der Waals surface area contributed by atoms with Crippen LogP contribution in [0.3, 0.4) is 0 Å². The molecule has 0 amide bonds. The van der Waals surface area contributed by atoms with Crippen LogP contribution in [0, 0.1) is 25.2 Å². The van der Waals surface area contributed by atoms with Gasteiger partial charge in [0.2, 0.25) is 0 Å². The van der Waals surface area contributed by atoms with Gasteiger partial charge in [0.05, 0.1) is 5.41 Å². The first-order chi connectivity index (χ1) is 8.98. The lowest BCUT2D eigenvalue weighted by atomic mass is 9.75. The van der Waals surface area contributed by atoms with E-state index in [2.05, 4.69) is 0 Å². The van der Waals surface area contributed by atoms with E-state index in [1.54, 1.807) is 0 Å². The molecule has 0 heterocycles. The highest BCUT2D eigenvalue weighted by molar-refractivity contribution is 5.75. The largest absolute Gasteiger partial charge is 0.481 e. The molecule has 3 heteroatoms. The third kappa shape index (κ3) is 2.98. The molecule has 0 spiro atoms. The number of rotatable bonds is 6. The summed E-state index contributed by atoms with van der Waals surface area (Å²) in [6, 6.07) is 6.10. The molecule has 3 N–H and O–H groups in total. The summed E-state index contributed by atoms with van der Waals surface area (Å²) in [6.07, 6.45) is 3.57. The molecule has 1 aromatic carbocycles. The summed E-state index contributed by atoms with van der Waals surface area (Å²) < 4.78 is 0. The second-order valence-corrected chi connectivity index (χ2v) is 5.98. The Bertz CT molecular complexity index is 459. The summed E-state index contributed by atoms with van der Waals surface area (Å²) in [6.45, 7) is 4.30. The minimum absolute atomic E-state index is 0.215. The van der Waals surface area contributed by atoms with Gasteiger partial charge < -0.3 is 10.8 Å². The Morgan fingerprint density at radius 2 is 1.95 bits per heavy atom. The lowest BCUT2D eigenvalue weighted by Crippen LogP contribution is -2.41. The third-order valence-electron chi connectivity index (χ3n) is 4.38. The van der Waals surface area contributed by atoms with Crippen LogP contribution in [0.4, 0.5) is 0 Å².